The van der Waals surface area contributed by atoms with Gasteiger partial charge in [0.25, 0.3) is 0 Å². The zero-order chi connectivity index (χ0) is 18.0. The molecular formula is C20H6N2O3S. The molecule has 5 aromatic rings. The summed E-state index contributed by atoms with van der Waals surface area (Å²) in [5.41, 5.74) is -0.907. The predicted octanol–water partition coefficient (Wildman–Crippen LogP) is 4.53. The maximum absolute atomic E-state index is 12.3. The summed E-state index contributed by atoms with van der Waals surface area (Å²) in [4.78, 5) is 28.1. The Kier molecular flexibility index (Phi) is 2.74. The first-order chi connectivity index (χ1) is 12.6. The summed E-state index contributed by atoms with van der Waals surface area (Å²) in [5.74, 6) is 0. The second-order valence-electron chi connectivity index (χ2n) is 5.87. The maximum Gasteiger partial charge on any atom is 0.346 e. The van der Waals surface area contributed by atoms with Crippen LogP contribution in [-0.4, -0.2) is 0 Å². The lowest BCUT2D eigenvalue weighted by molar-refractivity contribution is 0.489. The van der Waals surface area contributed by atoms with Gasteiger partial charge in [-0.2, -0.15) is 5.26 Å². The van der Waals surface area contributed by atoms with Crippen LogP contribution in [0.5, 0.6) is 0 Å². The van der Waals surface area contributed by atoms with Gasteiger partial charge in [0.2, 0.25) is 5.69 Å². The molecule has 0 saturated heterocycles. The molecule has 3 aromatic carbocycles. The van der Waals surface area contributed by atoms with Crippen LogP contribution in [0.25, 0.3) is 46.6 Å². The molecule has 0 aliphatic heterocycles. The van der Waals surface area contributed by atoms with Crippen LogP contribution >= 0.6 is 11.3 Å². The van der Waals surface area contributed by atoms with Crippen molar-refractivity contribution in [3.63, 3.8) is 0 Å². The molecule has 0 radical (unpaired) electrons. The summed E-state index contributed by atoms with van der Waals surface area (Å²) >= 11 is 1.41. The van der Waals surface area contributed by atoms with Crippen molar-refractivity contribution in [1.82, 2.24) is 0 Å². The molecule has 5 rings (SSSR count). The van der Waals surface area contributed by atoms with Gasteiger partial charge in [0, 0.05) is 25.6 Å². The Hall–Kier alpha value is -3.74. The SMILES string of the molecule is [C-]#[N+]c1cc2c(=O)oc(=O)c3cc(C#N)c4c5ccccc5sc1c4c23. The minimum atomic E-state index is -0.768. The lowest BCUT2D eigenvalue weighted by atomic mass is 9.94. The van der Waals surface area contributed by atoms with Gasteiger partial charge in [-0.25, -0.2) is 14.4 Å². The van der Waals surface area contributed by atoms with Crippen molar-refractivity contribution in [1.29, 1.82) is 5.26 Å². The highest BCUT2D eigenvalue weighted by atomic mass is 32.1. The van der Waals surface area contributed by atoms with Gasteiger partial charge in [-0.05, 0) is 23.6 Å². The highest BCUT2D eigenvalue weighted by Crippen LogP contribution is 2.45. The molecule has 5 nitrogen and oxygen atoms in total. The van der Waals surface area contributed by atoms with E-state index in [0.717, 1.165) is 10.1 Å². The summed E-state index contributed by atoms with van der Waals surface area (Å²) < 4.78 is 6.39. The molecule has 6 heteroatoms. The van der Waals surface area contributed by atoms with E-state index in [0.29, 0.717) is 32.1 Å². The molecule has 0 spiro atoms. The minimum absolute atomic E-state index is 0.188. The molecule has 0 saturated carbocycles. The molecule has 0 atom stereocenters. The topological polar surface area (TPSA) is 75.4 Å². The molecule has 0 unspecified atom stereocenters. The maximum atomic E-state index is 12.3. The summed E-state index contributed by atoms with van der Waals surface area (Å²) in [6.07, 6.45) is 0. The van der Waals surface area contributed by atoms with Crippen LogP contribution in [0.1, 0.15) is 5.56 Å². The molecule has 0 N–H and O–H groups in total. The van der Waals surface area contributed by atoms with E-state index in [1.165, 1.54) is 23.5 Å². The van der Waals surface area contributed by atoms with E-state index in [-0.39, 0.29) is 10.8 Å². The highest BCUT2D eigenvalue weighted by Gasteiger charge is 2.21. The third-order valence-corrected chi connectivity index (χ3v) is 5.77. The number of rotatable bonds is 0. The van der Waals surface area contributed by atoms with Gasteiger partial charge in [-0.1, -0.05) is 18.2 Å². The van der Waals surface area contributed by atoms with Crippen LogP contribution in [0.2, 0.25) is 0 Å². The molecule has 0 bridgehead atoms. The number of fused-ring (bicyclic) bond motifs is 2. The molecule has 120 valence electrons. The number of nitriles is 1. The van der Waals surface area contributed by atoms with Crippen molar-refractivity contribution < 1.29 is 4.42 Å². The Labute approximate surface area is 149 Å². The number of hydrogen-bond donors (Lipinski definition) is 0. The van der Waals surface area contributed by atoms with E-state index in [1.807, 2.05) is 24.3 Å². The second kappa shape index (κ2) is 4.89. The van der Waals surface area contributed by atoms with Gasteiger partial charge in [0.1, 0.15) is 0 Å². The number of nitrogens with zero attached hydrogens (tertiary/aromatic N) is 2. The summed E-state index contributed by atoms with van der Waals surface area (Å²) in [5, 5.41) is 12.6. The lowest BCUT2D eigenvalue weighted by Crippen LogP contribution is -2.12. The van der Waals surface area contributed by atoms with Crippen LogP contribution in [0.4, 0.5) is 5.69 Å². The zero-order valence-corrected chi connectivity index (χ0v) is 13.8. The molecular weight excluding hydrogens is 348 g/mol. The predicted molar refractivity (Wildman–Crippen MR) is 101 cm³/mol. The Bertz CT molecular complexity index is 1570. The molecule has 0 aliphatic carbocycles. The average Bonchev–Trinajstić information content (AvgIpc) is 2.67. The van der Waals surface area contributed by atoms with Gasteiger partial charge >= 0.3 is 11.3 Å². The molecule has 2 aromatic heterocycles. The van der Waals surface area contributed by atoms with Crippen molar-refractivity contribution in [2.75, 3.05) is 0 Å². The molecule has 0 fully saturated rings. The quantitative estimate of drug-likeness (QED) is 0.232. The van der Waals surface area contributed by atoms with E-state index in [4.69, 9.17) is 11.0 Å². The Morgan fingerprint density at radius 1 is 1.00 bits per heavy atom. The largest absolute Gasteiger partial charge is 0.386 e. The van der Waals surface area contributed by atoms with Gasteiger partial charge in [-0.3, -0.25) is 0 Å². The molecule has 0 amide bonds. The smallest absolute Gasteiger partial charge is 0.346 e. The van der Waals surface area contributed by atoms with Crippen LogP contribution < -0.4 is 11.3 Å². The van der Waals surface area contributed by atoms with Crippen LogP contribution in [0, 0.1) is 17.9 Å². The van der Waals surface area contributed by atoms with Gasteiger partial charge < -0.3 is 4.42 Å². The van der Waals surface area contributed by atoms with E-state index in [1.54, 1.807) is 0 Å². The zero-order valence-electron chi connectivity index (χ0n) is 13.0. The second-order valence-corrected chi connectivity index (χ2v) is 6.92. The minimum Gasteiger partial charge on any atom is -0.386 e. The summed E-state index contributed by atoms with van der Waals surface area (Å²) in [6.45, 7) is 7.52. The first kappa shape index (κ1) is 14.6. The van der Waals surface area contributed by atoms with Crippen molar-refractivity contribution in [2.45, 2.75) is 0 Å². The Balaban J connectivity index is 2.34. The molecule has 26 heavy (non-hydrogen) atoms. The van der Waals surface area contributed by atoms with Gasteiger partial charge in [0.05, 0.1) is 29.0 Å². The fraction of sp³-hybridized carbons (Fsp3) is 0. The first-order valence-electron chi connectivity index (χ1n) is 7.63. The van der Waals surface area contributed by atoms with Crippen molar-refractivity contribution in [3.05, 3.63) is 74.2 Å². The third-order valence-electron chi connectivity index (χ3n) is 4.57. The first-order valence-corrected chi connectivity index (χ1v) is 8.44. The molecule has 2 heterocycles. The van der Waals surface area contributed by atoms with E-state index < -0.39 is 11.3 Å². The number of benzene rings is 3. The highest BCUT2D eigenvalue weighted by molar-refractivity contribution is 7.25. The monoisotopic (exact) mass is 354 g/mol. The lowest BCUT2D eigenvalue weighted by Gasteiger charge is -2.13. The Morgan fingerprint density at radius 3 is 2.46 bits per heavy atom. The van der Waals surface area contributed by atoms with Gasteiger partial charge in [-0.15, -0.1) is 11.3 Å². The fourth-order valence-corrected chi connectivity index (χ4v) is 4.70. The van der Waals surface area contributed by atoms with E-state index >= 15 is 0 Å². The van der Waals surface area contributed by atoms with Crippen molar-refractivity contribution >= 4 is 58.7 Å². The van der Waals surface area contributed by atoms with E-state index in [2.05, 4.69) is 10.9 Å². The normalized spacial score (nSPS) is 11.3. The number of hydrogen-bond acceptors (Lipinski definition) is 5. The Morgan fingerprint density at radius 2 is 1.73 bits per heavy atom. The van der Waals surface area contributed by atoms with Crippen LogP contribution in [-0.2, 0) is 0 Å². The van der Waals surface area contributed by atoms with Crippen molar-refractivity contribution in [3.8, 4) is 6.07 Å². The van der Waals surface area contributed by atoms with Crippen LogP contribution in [0.15, 0.2) is 50.4 Å². The van der Waals surface area contributed by atoms with Crippen molar-refractivity contribution in [2.24, 2.45) is 0 Å². The molecule has 0 aliphatic rings. The summed E-state index contributed by atoms with van der Waals surface area (Å²) in [6, 6.07) is 12.7. The average molecular weight is 354 g/mol. The standard InChI is InChI=1S/C20H6N2O3S/c1-22-13-7-12-16-11(19(23)25-20(12)24)6-9(8-21)15-10-4-2-3-5-14(10)26-18(13)17(15)16/h2-7H. The summed E-state index contributed by atoms with van der Waals surface area (Å²) in [7, 11) is 0. The van der Waals surface area contributed by atoms with E-state index in [9.17, 15) is 14.9 Å². The van der Waals surface area contributed by atoms with Crippen LogP contribution in [0.3, 0.4) is 0 Å². The third kappa shape index (κ3) is 1.66. The fourth-order valence-electron chi connectivity index (χ4n) is 3.53. The van der Waals surface area contributed by atoms with Gasteiger partial charge in [0.15, 0.2) is 0 Å².